The molecular formula is C16H18FN3O2S. The second-order valence-electron chi connectivity index (χ2n) is 5.10. The molecule has 0 aliphatic rings. The first-order valence-corrected chi connectivity index (χ1v) is 8.01. The van der Waals surface area contributed by atoms with Gasteiger partial charge in [-0.3, -0.25) is 4.79 Å². The van der Waals surface area contributed by atoms with Crippen LogP contribution in [0.2, 0.25) is 0 Å². The number of carbonyl (C=O) groups excluding carboxylic acids is 1. The second kappa shape index (κ2) is 7.92. The standard InChI is InChI=1S/C16H18FN3O2S/c1-10(2)23-16-19-11(3)8-14(20-16)22-9-18-15(21)12-4-6-13(17)7-5-12/h4-8,10H,9H2,1-3H3,(H,18,21). The molecule has 23 heavy (non-hydrogen) atoms. The number of ether oxygens (including phenoxy) is 1. The number of amides is 1. The van der Waals surface area contributed by atoms with Crippen LogP contribution in [0.25, 0.3) is 0 Å². The average Bonchev–Trinajstić information content (AvgIpc) is 2.46. The van der Waals surface area contributed by atoms with Crippen LogP contribution in [0.1, 0.15) is 29.9 Å². The van der Waals surface area contributed by atoms with Gasteiger partial charge in [0.1, 0.15) is 5.82 Å². The van der Waals surface area contributed by atoms with Crippen LogP contribution in [-0.2, 0) is 0 Å². The third-order valence-electron chi connectivity index (χ3n) is 2.71. The topological polar surface area (TPSA) is 64.1 Å². The van der Waals surface area contributed by atoms with Gasteiger partial charge in [0.2, 0.25) is 5.88 Å². The van der Waals surface area contributed by atoms with E-state index in [2.05, 4.69) is 29.1 Å². The zero-order valence-corrected chi connectivity index (χ0v) is 14.0. The van der Waals surface area contributed by atoms with E-state index in [1.165, 1.54) is 36.0 Å². The fourth-order valence-electron chi connectivity index (χ4n) is 1.73. The molecule has 0 radical (unpaired) electrons. The third-order valence-corrected chi connectivity index (χ3v) is 3.58. The summed E-state index contributed by atoms with van der Waals surface area (Å²) < 4.78 is 18.3. The van der Waals surface area contributed by atoms with E-state index in [-0.39, 0.29) is 18.5 Å². The summed E-state index contributed by atoms with van der Waals surface area (Å²) in [7, 11) is 0. The molecule has 0 unspecified atom stereocenters. The van der Waals surface area contributed by atoms with Crippen LogP contribution >= 0.6 is 11.8 Å². The lowest BCUT2D eigenvalue weighted by Crippen LogP contribution is -2.28. The number of halogens is 1. The van der Waals surface area contributed by atoms with E-state index in [1.54, 1.807) is 6.07 Å². The first kappa shape index (κ1) is 17.2. The smallest absolute Gasteiger partial charge is 0.253 e. The molecule has 1 heterocycles. The fraction of sp³-hybridized carbons (Fsp3) is 0.312. The molecule has 1 aromatic carbocycles. The number of nitrogens with zero attached hydrogens (tertiary/aromatic N) is 2. The van der Waals surface area contributed by atoms with Crippen molar-refractivity contribution in [1.29, 1.82) is 0 Å². The highest BCUT2D eigenvalue weighted by molar-refractivity contribution is 7.99. The van der Waals surface area contributed by atoms with Crippen LogP contribution in [0, 0.1) is 12.7 Å². The minimum Gasteiger partial charge on any atom is -0.456 e. The molecule has 0 aliphatic carbocycles. The van der Waals surface area contributed by atoms with Gasteiger partial charge in [0, 0.05) is 22.6 Å². The number of carbonyl (C=O) groups is 1. The number of aryl methyl sites for hydroxylation is 1. The normalized spacial score (nSPS) is 10.7. The van der Waals surface area contributed by atoms with Gasteiger partial charge in [-0.1, -0.05) is 25.6 Å². The summed E-state index contributed by atoms with van der Waals surface area (Å²) >= 11 is 1.54. The van der Waals surface area contributed by atoms with E-state index in [0.29, 0.717) is 21.8 Å². The number of rotatable bonds is 6. The highest BCUT2D eigenvalue weighted by Crippen LogP contribution is 2.21. The quantitative estimate of drug-likeness (QED) is 0.499. The molecule has 2 aromatic rings. The SMILES string of the molecule is Cc1cc(OCNC(=O)c2ccc(F)cc2)nc(SC(C)C)n1. The molecule has 7 heteroatoms. The Morgan fingerprint density at radius 3 is 2.65 bits per heavy atom. The van der Waals surface area contributed by atoms with Gasteiger partial charge < -0.3 is 10.1 Å². The molecule has 0 saturated carbocycles. The first-order chi connectivity index (χ1) is 10.9. The van der Waals surface area contributed by atoms with E-state index in [4.69, 9.17) is 4.74 Å². The Hall–Kier alpha value is -2.15. The minimum atomic E-state index is -0.385. The Kier molecular flexibility index (Phi) is 5.92. The van der Waals surface area contributed by atoms with Crippen LogP contribution in [0.15, 0.2) is 35.5 Å². The Balaban J connectivity index is 1.91. The molecule has 0 fully saturated rings. The predicted molar refractivity (Wildman–Crippen MR) is 87.1 cm³/mol. The van der Waals surface area contributed by atoms with E-state index in [9.17, 15) is 9.18 Å². The number of hydrogen-bond donors (Lipinski definition) is 1. The lowest BCUT2D eigenvalue weighted by molar-refractivity contribution is 0.0917. The summed E-state index contributed by atoms with van der Waals surface area (Å²) in [6.45, 7) is 5.94. The maximum Gasteiger partial charge on any atom is 0.253 e. The van der Waals surface area contributed by atoms with Gasteiger partial charge in [-0.05, 0) is 31.2 Å². The summed E-state index contributed by atoms with van der Waals surface area (Å²) in [6, 6.07) is 7.00. The van der Waals surface area contributed by atoms with Gasteiger partial charge in [0.05, 0.1) is 0 Å². The molecule has 0 bridgehead atoms. The lowest BCUT2D eigenvalue weighted by atomic mass is 10.2. The van der Waals surface area contributed by atoms with Gasteiger partial charge in [0.25, 0.3) is 5.91 Å². The zero-order chi connectivity index (χ0) is 16.8. The molecule has 2 rings (SSSR count). The highest BCUT2D eigenvalue weighted by Gasteiger charge is 2.08. The van der Waals surface area contributed by atoms with Gasteiger partial charge in [0.15, 0.2) is 11.9 Å². The van der Waals surface area contributed by atoms with Crippen molar-refractivity contribution in [2.24, 2.45) is 0 Å². The van der Waals surface area contributed by atoms with Gasteiger partial charge >= 0.3 is 0 Å². The summed E-state index contributed by atoms with van der Waals surface area (Å²) in [5, 5.41) is 3.60. The molecule has 0 spiro atoms. The van der Waals surface area contributed by atoms with Crippen molar-refractivity contribution in [3.63, 3.8) is 0 Å². The minimum absolute atomic E-state index is 0.0293. The van der Waals surface area contributed by atoms with Crippen LogP contribution in [0.3, 0.4) is 0 Å². The molecule has 5 nitrogen and oxygen atoms in total. The van der Waals surface area contributed by atoms with E-state index in [0.717, 1.165) is 5.69 Å². The molecular weight excluding hydrogens is 317 g/mol. The number of nitrogens with one attached hydrogen (secondary N) is 1. The van der Waals surface area contributed by atoms with Crippen LogP contribution in [-0.4, -0.2) is 27.9 Å². The summed E-state index contributed by atoms with van der Waals surface area (Å²) in [5.74, 6) is -0.322. The van der Waals surface area contributed by atoms with Crippen LogP contribution < -0.4 is 10.1 Å². The Morgan fingerprint density at radius 2 is 2.00 bits per heavy atom. The van der Waals surface area contributed by atoms with Crippen molar-refractivity contribution in [3.05, 3.63) is 47.4 Å². The molecule has 0 saturated heterocycles. The van der Waals surface area contributed by atoms with E-state index >= 15 is 0 Å². The largest absolute Gasteiger partial charge is 0.456 e. The summed E-state index contributed by atoms with van der Waals surface area (Å²) in [5.41, 5.74) is 1.16. The zero-order valence-electron chi connectivity index (χ0n) is 13.2. The fourth-order valence-corrected chi connectivity index (χ4v) is 2.49. The lowest BCUT2D eigenvalue weighted by Gasteiger charge is -2.10. The van der Waals surface area contributed by atoms with Crippen molar-refractivity contribution in [3.8, 4) is 5.88 Å². The third kappa shape index (κ3) is 5.52. The molecule has 1 aromatic heterocycles. The number of benzene rings is 1. The van der Waals surface area contributed by atoms with E-state index < -0.39 is 0 Å². The van der Waals surface area contributed by atoms with Crippen molar-refractivity contribution in [2.45, 2.75) is 31.2 Å². The van der Waals surface area contributed by atoms with Crippen molar-refractivity contribution in [2.75, 3.05) is 6.73 Å². The first-order valence-electron chi connectivity index (χ1n) is 7.13. The summed E-state index contributed by atoms with van der Waals surface area (Å²) in [6.07, 6.45) is 0. The highest BCUT2D eigenvalue weighted by atomic mass is 32.2. The average molecular weight is 335 g/mol. The monoisotopic (exact) mass is 335 g/mol. The van der Waals surface area contributed by atoms with Crippen LogP contribution in [0.5, 0.6) is 5.88 Å². The van der Waals surface area contributed by atoms with Gasteiger partial charge in [-0.25, -0.2) is 9.37 Å². The Bertz CT molecular complexity index is 678. The predicted octanol–water partition coefficient (Wildman–Crippen LogP) is 3.19. The van der Waals surface area contributed by atoms with Crippen molar-refractivity contribution >= 4 is 17.7 Å². The molecule has 1 amide bonds. The Labute approximate surface area is 138 Å². The molecule has 0 atom stereocenters. The van der Waals surface area contributed by atoms with Crippen molar-refractivity contribution < 1.29 is 13.9 Å². The summed E-state index contributed by atoms with van der Waals surface area (Å²) in [4.78, 5) is 20.5. The van der Waals surface area contributed by atoms with Gasteiger partial charge in [-0.15, -0.1) is 0 Å². The molecule has 1 N–H and O–H groups in total. The van der Waals surface area contributed by atoms with Crippen LogP contribution in [0.4, 0.5) is 4.39 Å². The number of aromatic nitrogens is 2. The molecule has 0 aliphatic heterocycles. The number of hydrogen-bond acceptors (Lipinski definition) is 5. The van der Waals surface area contributed by atoms with Gasteiger partial charge in [-0.2, -0.15) is 4.98 Å². The molecule has 122 valence electrons. The number of thioether (sulfide) groups is 1. The van der Waals surface area contributed by atoms with E-state index in [1.807, 2.05) is 6.92 Å². The maximum atomic E-state index is 12.8. The van der Waals surface area contributed by atoms with Crippen molar-refractivity contribution in [1.82, 2.24) is 15.3 Å². The maximum absolute atomic E-state index is 12.8. The Morgan fingerprint density at radius 1 is 1.30 bits per heavy atom. The second-order valence-corrected chi connectivity index (χ2v) is 6.64.